The van der Waals surface area contributed by atoms with E-state index < -0.39 is 0 Å². The number of halogens is 1. The highest BCUT2D eigenvalue weighted by Crippen LogP contribution is 2.25. The molecule has 1 heteroatoms. The first-order valence-electron chi connectivity index (χ1n) is 3.39. The first-order chi connectivity index (χ1) is 4.34. The van der Waals surface area contributed by atoms with Crippen LogP contribution in [-0.4, -0.2) is 0 Å². The molecular weight excluding hydrogens is 223 g/mol. The highest BCUT2D eigenvalue weighted by atomic mass is 127. The van der Waals surface area contributed by atoms with E-state index in [2.05, 4.69) is 41.7 Å². The molecule has 0 atom stereocenters. The highest BCUT2D eigenvalue weighted by molar-refractivity contribution is 14.1. The van der Waals surface area contributed by atoms with Gasteiger partial charge in [0, 0.05) is 3.58 Å². The Hall–Kier alpha value is 0.210. The van der Waals surface area contributed by atoms with Gasteiger partial charge in [-0.15, -0.1) is 0 Å². The third-order valence-corrected chi connectivity index (χ3v) is 2.70. The molecular formula is C8H11I. The Morgan fingerprint density at radius 1 is 1.44 bits per heavy atom. The minimum Gasteiger partial charge on any atom is -0.0800 e. The Labute approximate surface area is 70.2 Å². The van der Waals surface area contributed by atoms with Gasteiger partial charge in [0.2, 0.25) is 0 Å². The van der Waals surface area contributed by atoms with Gasteiger partial charge < -0.3 is 0 Å². The quantitative estimate of drug-likeness (QED) is 0.609. The molecule has 0 nitrogen and oxygen atoms in total. The van der Waals surface area contributed by atoms with Crippen LogP contribution in [0.4, 0.5) is 0 Å². The van der Waals surface area contributed by atoms with Crippen molar-refractivity contribution in [2.24, 2.45) is 0 Å². The third kappa shape index (κ3) is 1.81. The van der Waals surface area contributed by atoms with Gasteiger partial charge in [-0.2, -0.15) is 0 Å². The molecule has 1 aliphatic rings. The van der Waals surface area contributed by atoms with Crippen LogP contribution in [0, 0.1) is 0 Å². The average Bonchev–Trinajstić information content (AvgIpc) is 1.89. The van der Waals surface area contributed by atoms with Crippen molar-refractivity contribution in [1.29, 1.82) is 0 Å². The van der Waals surface area contributed by atoms with Crippen LogP contribution < -0.4 is 0 Å². The molecule has 0 aromatic carbocycles. The normalized spacial score (nSPS) is 18.9. The van der Waals surface area contributed by atoms with E-state index in [-0.39, 0.29) is 0 Å². The van der Waals surface area contributed by atoms with Gasteiger partial charge in [0.25, 0.3) is 0 Å². The summed E-state index contributed by atoms with van der Waals surface area (Å²) in [6.45, 7) is 2.21. The first-order valence-corrected chi connectivity index (χ1v) is 4.47. The summed E-state index contributed by atoms with van der Waals surface area (Å²) in [7, 11) is 0. The molecule has 0 fully saturated rings. The number of allylic oxidation sites excluding steroid dienone is 4. The summed E-state index contributed by atoms with van der Waals surface area (Å²) >= 11 is 2.41. The highest BCUT2D eigenvalue weighted by Gasteiger charge is 2.01. The van der Waals surface area contributed by atoms with Crippen molar-refractivity contribution in [3.05, 3.63) is 21.3 Å². The minimum atomic E-state index is 1.19. The maximum Gasteiger partial charge on any atom is 0.0119 e. The van der Waals surface area contributed by atoms with Crippen LogP contribution in [0.25, 0.3) is 0 Å². The number of hydrogen-bond acceptors (Lipinski definition) is 0. The second-order valence-corrected chi connectivity index (χ2v) is 3.37. The second kappa shape index (κ2) is 3.40. The zero-order chi connectivity index (χ0) is 6.69. The van der Waals surface area contributed by atoms with E-state index in [9.17, 15) is 0 Å². The fourth-order valence-electron chi connectivity index (χ4n) is 1.01. The van der Waals surface area contributed by atoms with Gasteiger partial charge in [0.1, 0.15) is 0 Å². The molecule has 9 heavy (non-hydrogen) atoms. The van der Waals surface area contributed by atoms with Gasteiger partial charge in [-0.25, -0.2) is 0 Å². The Bertz CT molecular complexity index is 154. The van der Waals surface area contributed by atoms with Gasteiger partial charge in [0.05, 0.1) is 0 Å². The molecule has 0 aromatic heterocycles. The summed E-state index contributed by atoms with van der Waals surface area (Å²) in [4.78, 5) is 0. The summed E-state index contributed by atoms with van der Waals surface area (Å²) in [5, 5.41) is 0. The Balaban J connectivity index is 2.68. The van der Waals surface area contributed by atoms with Crippen molar-refractivity contribution < 1.29 is 0 Å². The lowest BCUT2D eigenvalue weighted by Gasteiger charge is -2.07. The fourth-order valence-corrected chi connectivity index (χ4v) is 1.92. The molecule has 0 aliphatic heterocycles. The summed E-state index contributed by atoms with van der Waals surface area (Å²) in [6.07, 6.45) is 8.34. The number of rotatable bonds is 1. The van der Waals surface area contributed by atoms with E-state index in [1.165, 1.54) is 28.4 Å². The van der Waals surface area contributed by atoms with Crippen molar-refractivity contribution in [3.8, 4) is 0 Å². The Kier molecular flexibility index (Phi) is 2.76. The lowest BCUT2D eigenvalue weighted by Crippen LogP contribution is -1.86. The van der Waals surface area contributed by atoms with Crippen LogP contribution in [0.3, 0.4) is 0 Å². The Morgan fingerprint density at radius 3 is 2.56 bits per heavy atom. The van der Waals surface area contributed by atoms with Crippen molar-refractivity contribution in [2.45, 2.75) is 26.2 Å². The fraction of sp³-hybridized carbons (Fsp3) is 0.500. The van der Waals surface area contributed by atoms with Gasteiger partial charge in [-0.1, -0.05) is 19.1 Å². The standard InChI is InChI=1S/C8H11I/c1-2-7-5-3-4-6-8(7)9/h5-6H,2-4H2,1H3. The molecule has 0 aromatic rings. The molecule has 0 unspecified atom stereocenters. The zero-order valence-corrected chi connectivity index (χ0v) is 7.81. The van der Waals surface area contributed by atoms with E-state index >= 15 is 0 Å². The molecule has 1 rings (SSSR count). The third-order valence-electron chi connectivity index (χ3n) is 1.57. The maximum atomic E-state index is 2.41. The van der Waals surface area contributed by atoms with Crippen molar-refractivity contribution >= 4 is 22.6 Å². The summed E-state index contributed by atoms with van der Waals surface area (Å²) in [5.41, 5.74) is 1.53. The molecule has 0 spiro atoms. The molecule has 0 saturated heterocycles. The molecule has 0 heterocycles. The second-order valence-electron chi connectivity index (χ2n) is 2.21. The van der Waals surface area contributed by atoms with E-state index in [1.807, 2.05) is 0 Å². The molecule has 0 bridgehead atoms. The van der Waals surface area contributed by atoms with E-state index in [0.717, 1.165) is 0 Å². The van der Waals surface area contributed by atoms with Gasteiger partial charge in [0.15, 0.2) is 0 Å². The molecule has 50 valence electrons. The van der Waals surface area contributed by atoms with E-state index in [4.69, 9.17) is 0 Å². The molecule has 0 amide bonds. The summed E-state index contributed by atoms with van der Waals surface area (Å²) < 4.78 is 1.46. The van der Waals surface area contributed by atoms with E-state index in [0.29, 0.717) is 0 Å². The monoisotopic (exact) mass is 234 g/mol. The molecule has 0 saturated carbocycles. The van der Waals surface area contributed by atoms with Crippen LogP contribution in [-0.2, 0) is 0 Å². The summed E-state index contributed by atoms with van der Waals surface area (Å²) in [5.74, 6) is 0. The minimum absolute atomic E-state index is 1.19. The predicted molar refractivity (Wildman–Crippen MR) is 49.7 cm³/mol. The molecule has 1 aliphatic carbocycles. The average molecular weight is 234 g/mol. The van der Waals surface area contributed by atoms with Crippen LogP contribution in [0.15, 0.2) is 21.3 Å². The topological polar surface area (TPSA) is 0 Å². The first kappa shape index (κ1) is 7.32. The van der Waals surface area contributed by atoms with Crippen LogP contribution in [0.5, 0.6) is 0 Å². The molecule has 0 N–H and O–H groups in total. The zero-order valence-electron chi connectivity index (χ0n) is 5.65. The number of hydrogen-bond donors (Lipinski definition) is 0. The van der Waals surface area contributed by atoms with Crippen molar-refractivity contribution in [3.63, 3.8) is 0 Å². The maximum absolute atomic E-state index is 2.41. The van der Waals surface area contributed by atoms with Gasteiger partial charge in [-0.3, -0.25) is 0 Å². The van der Waals surface area contributed by atoms with Crippen molar-refractivity contribution in [2.75, 3.05) is 0 Å². The van der Waals surface area contributed by atoms with Gasteiger partial charge >= 0.3 is 0 Å². The van der Waals surface area contributed by atoms with E-state index in [1.54, 1.807) is 0 Å². The SMILES string of the molecule is CCC1=CCCC=C1I. The summed E-state index contributed by atoms with van der Waals surface area (Å²) in [6, 6.07) is 0. The van der Waals surface area contributed by atoms with Crippen molar-refractivity contribution in [1.82, 2.24) is 0 Å². The van der Waals surface area contributed by atoms with Crippen LogP contribution >= 0.6 is 22.6 Å². The largest absolute Gasteiger partial charge is 0.0800 e. The van der Waals surface area contributed by atoms with Crippen LogP contribution in [0.2, 0.25) is 0 Å². The van der Waals surface area contributed by atoms with Gasteiger partial charge in [-0.05, 0) is 47.4 Å². The lowest BCUT2D eigenvalue weighted by molar-refractivity contribution is 0.981. The lowest BCUT2D eigenvalue weighted by atomic mass is 10.1. The predicted octanol–water partition coefficient (Wildman–Crippen LogP) is 3.44. The smallest absolute Gasteiger partial charge is 0.0119 e. The molecule has 0 radical (unpaired) electrons. The van der Waals surface area contributed by atoms with Crippen LogP contribution in [0.1, 0.15) is 26.2 Å². The Morgan fingerprint density at radius 2 is 2.11 bits per heavy atom.